The number of nitrogens with one attached hydrogen (secondary N) is 1. The van der Waals surface area contributed by atoms with Crippen molar-refractivity contribution in [1.29, 1.82) is 0 Å². The van der Waals surface area contributed by atoms with Crippen molar-refractivity contribution >= 4 is 11.6 Å². The first-order valence-corrected chi connectivity index (χ1v) is 9.62. The summed E-state index contributed by atoms with van der Waals surface area (Å²) in [4.78, 5) is 21.3. The zero-order chi connectivity index (χ0) is 21.1. The molecule has 1 amide bonds. The van der Waals surface area contributed by atoms with E-state index < -0.39 is 0 Å². The topological polar surface area (TPSA) is 74.0 Å². The highest BCUT2D eigenvalue weighted by Crippen LogP contribution is 2.22. The van der Waals surface area contributed by atoms with E-state index in [4.69, 9.17) is 4.74 Å². The number of benzene rings is 1. The highest BCUT2D eigenvalue weighted by atomic mass is 16.5. The fourth-order valence-electron chi connectivity index (χ4n) is 3.39. The number of hydrogen-bond acceptors (Lipinski definition) is 4. The van der Waals surface area contributed by atoms with Crippen molar-refractivity contribution in [2.45, 2.75) is 20.5 Å². The minimum atomic E-state index is -0.153. The van der Waals surface area contributed by atoms with E-state index in [0.29, 0.717) is 23.6 Å². The first kappa shape index (κ1) is 19.4. The maximum absolute atomic E-state index is 12.9. The van der Waals surface area contributed by atoms with Gasteiger partial charge in [0.05, 0.1) is 17.4 Å². The maximum atomic E-state index is 12.9. The van der Waals surface area contributed by atoms with E-state index in [-0.39, 0.29) is 5.91 Å². The second-order valence-corrected chi connectivity index (χ2v) is 7.05. The maximum Gasteiger partial charge on any atom is 0.257 e. The zero-order valence-corrected chi connectivity index (χ0v) is 17.2. The van der Waals surface area contributed by atoms with Crippen molar-refractivity contribution in [2.75, 3.05) is 5.32 Å². The van der Waals surface area contributed by atoms with Crippen molar-refractivity contribution in [3.05, 3.63) is 90.0 Å². The van der Waals surface area contributed by atoms with Crippen molar-refractivity contribution in [1.82, 2.24) is 19.1 Å². The Morgan fingerprint density at radius 1 is 1.13 bits per heavy atom. The number of carbonyl (C=O) groups excluding carboxylic acids is 1. The second kappa shape index (κ2) is 8.24. The van der Waals surface area contributed by atoms with Gasteiger partial charge in [-0.3, -0.25) is 9.78 Å². The molecule has 4 aromatic rings. The number of amides is 1. The summed E-state index contributed by atoms with van der Waals surface area (Å²) in [5, 5.41) is 2.96. The highest BCUT2D eigenvalue weighted by Gasteiger charge is 2.17. The molecule has 3 heterocycles. The third-order valence-corrected chi connectivity index (χ3v) is 4.98. The average Bonchev–Trinajstić information content (AvgIpc) is 3.30. The van der Waals surface area contributed by atoms with Crippen LogP contribution in [0.2, 0.25) is 0 Å². The summed E-state index contributed by atoms with van der Waals surface area (Å²) in [6, 6.07) is 13.1. The molecule has 7 heteroatoms. The van der Waals surface area contributed by atoms with Crippen molar-refractivity contribution < 1.29 is 9.53 Å². The van der Waals surface area contributed by atoms with Crippen LogP contribution in [0.25, 0.3) is 5.69 Å². The number of pyridine rings is 1. The number of rotatable bonds is 6. The van der Waals surface area contributed by atoms with Crippen LogP contribution in [0.15, 0.2) is 67.3 Å². The lowest BCUT2D eigenvalue weighted by molar-refractivity contribution is 0.102. The quantitative estimate of drug-likeness (QED) is 0.529. The Morgan fingerprint density at radius 3 is 2.60 bits per heavy atom. The number of nitrogens with zero attached hydrogens (tertiary/aromatic N) is 4. The van der Waals surface area contributed by atoms with Crippen LogP contribution in [0.5, 0.6) is 5.75 Å². The molecule has 30 heavy (non-hydrogen) atoms. The SMILES string of the molecule is Cc1cc(C(=O)Nc2ccc(OCc3nccn3C)cc2)c(C)n1-c1cccnc1. The molecule has 0 spiro atoms. The molecule has 0 bridgehead atoms. The normalized spacial score (nSPS) is 10.8. The van der Waals surface area contributed by atoms with Gasteiger partial charge in [-0.25, -0.2) is 4.98 Å². The fraction of sp³-hybridized carbons (Fsp3) is 0.174. The molecule has 0 saturated heterocycles. The van der Waals surface area contributed by atoms with Gasteiger partial charge in [0.2, 0.25) is 0 Å². The predicted octanol–water partition coefficient (Wildman–Crippen LogP) is 4.05. The largest absolute Gasteiger partial charge is 0.486 e. The molecule has 0 aliphatic rings. The third kappa shape index (κ3) is 3.96. The second-order valence-electron chi connectivity index (χ2n) is 7.05. The number of ether oxygens (including phenoxy) is 1. The van der Waals surface area contributed by atoms with E-state index in [9.17, 15) is 4.79 Å². The molecule has 4 rings (SSSR count). The molecule has 1 N–H and O–H groups in total. The number of hydrogen-bond donors (Lipinski definition) is 1. The van der Waals surface area contributed by atoms with E-state index in [0.717, 1.165) is 22.9 Å². The van der Waals surface area contributed by atoms with Crippen molar-refractivity contribution in [3.63, 3.8) is 0 Å². The Bertz CT molecular complexity index is 1160. The minimum absolute atomic E-state index is 0.153. The van der Waals surface area contributed by atoms with Crippen LogP contribution in [0, 0.1) is 13.8 Å². The molecule has 0 atom stereocenters. The Morgan fingerprint density at radius 2 is 1.93 bits per heavy atom. The first-order chi connectivity index (χ1) is 14.5. The van der Waals surface area contributed by atoms with E-state index in [1.54, 1.807) is 18.6 Å². The van der Waals surface area contributed by atoms with Crippen LogP contribution >= 0.6 is 0 Å². The van der Waals surface area contributed by atoms with Crippen LogP contribution in [0.4, 0.5) is 5.69 Å². The Labute approximate surface area is 175 Å². The van der Waals surface area contributed by atoms with Crippen LogP contribution in [0.3, 0.4) is 0 Å². The highest BCUT2D eigenvalue weighted by molar-refractivity contribution is 6.05. The van der Waals surface area contributed by atoms with Gasteiger partial charge in [-0.2, -0.15) is 0 Å². The smallest absolute Gasteiger partial charge is 0.257 e. The zero-order valence-electron chi connectivity index (χ0n) is 17.2. The van der Waals surface area contributed by atoms with E-state index in [2.05, 4.69) is 15.3 Å². The molecule has 0 aliphatic heterocycles. The molecule has 0 fully saturated rings. The fourth-order valence-corrected chi connectivity index (χ4v) is 3.39. The van der Waals surface area contributed by atoms with E-state index in [1.165, 1.54) is 0 Å². The van der Waals surface area contributed by atoms with Gasteiger partial charge >= 0.3 is 0 Å². The summed E-state index contributed by atoms with van der Waals surface area (Å²) in [7, 11) is 1.93. The van der Waals surface area contributed by atoms with Gasteiger partial charge in [0.1, 0.15) is 18.2 Å². The van der Waals surface area contributed by atoms with Crippen molar-refractivity contribution in [2.24, 2.45) is 7.05 Å². The molecular formula is C23H23N5O2. The standard InChI is InChI=1S/C23H23N5O2/c1-16-13-21(17(2)28(16)19-5-4-10-24-14-19)23(29)26-18-6-8-20(9-7-18)30-15-22-25-11-12-27(22)3/h4-14H,15H2,1-3H3,(H,26,29). The number of imidazole rings is 1. The number of aromatic nitrogens is 4. The lowest BCUT2D eigenvalue weighted by atomic mass is 10.2. The summed E-state index contributed by atoms with van der Waals surface area (Å²) in [5.74, 6) is 1.40. The van der Waals surface area contributed by atoms with E-state index in [1.807, 2.05) is 78.7 Å². The molecular weight excluding hydrogens is 378 g/mol. The van der Waals surface area contributed by atoms with Gasteiger partial charge in [0.25, 0.3) is 5.91 Å². The van der Waals surface area contributed by atoms with Gasteiger partial charge < -0.3 is 19.2 Å². The average molecular weight is 401 g/mol. The van der Waals surface area contributed by atoms with Gasteiger partial charge in [0, 0.05) is 42.7 Å². The summed E-state index contributed by atoms with van der Waals surface area (Å²) >= 11 is 0. The van der Waals surface area contributed by atoms with Crippen LogP contribution in [-0.2, 0) is 13.7 Å². The molecule has 0 aliphatic carbocycles. The number of carbonyl (C=O) groups is 1. The first-order valence-electron chi connectivity index (χ1n) is 9.62. The molecule has 0 unspecified atom stereocenters. The lowest BCUT2D eigenvalue weighted by Crippen LogP contribution is -2.13. The molecule has 7 nitrogen and oxygen atoms in total. The van der Waals surface area contributed by atoms with E-state index >= 15 is 0 Å². The molecule has 3 aromatic heterocycles. The predicted molar refractivity (Wildman–Crippen MR) is 115 cm³/mol. The molecule has 0 radical (unpaired) electrons. The van der Waals surface area contributed by atoms with Gasteiger partial charge in [-0.05, 0) is 56.3 Å². The van der Waals surface area contributed by atoms with Gasteiger partial charge in [0.15, 0.2) is 0 Å². The third-order valence-electron chi connectivity index (χ3n) is 4.98. The van der Waals surface area contributed by atoms with Crippen LogP contribution < -0.4 is 10.1 Å². The molecule has 152 valence electrons. The number of anilines is 1. The Balaban J connectivity index is 1.45. The number of aryl methyl sites for hydroxylation is 2. The Kier molecular flexibility index (Phi) is 5.34. The van der Waals surface area contributed by atoms with Crippen LogP contribution in [0.1, 0.15) is 27.6 Å². The molecule has 0 saturated carbocycles. The summed E-state index contributed by atoms with van der Waals surface area (Å²) < 4.78 is 9.70. The van der Waals surface area contributed by atoms with Crippen molar-refractivity contribution in [3.8, 4) is 11.4 Å². The van der Waals surface area contributed by atoms with Gasteiger partial charge in [-0.1, -0.05) is 0 Å². The lowest BCUT2D eigenvalue weighted by Gasteiger charge is -2.10. The molecule has 1 aromatic carbocycles. The monoisotopic (exact) mass is 401 g/mol. The Hall–Kier alpha value is -3.87. The van der Waals surface area contributed by atoms with Crippen LogP contribution in [-0.4, -0.2) is 25.0 Å². The summed E-state index contributed by atoms with van der Waals surface area (Å²) in [6.45, 7) is 4.30. The summed E-state index contributed by atoms with van der Waals surface area (Å²) in [6.07, 6.45) is 7.13. The minimum Gasteiger partial charge on any atom is -0.486 e. The van der Waals surface area contributed by atoms with Gasteiger partial charge in [-0.15, -0.1) is 0 Å². The summed E-state index contributed by atoms with van der Waals surface area (Å²) in [5.41, 5.74) is 4.11.